The smallest absolute Gasteiger partial charge is 0.231 e. The maximum atomic E-state index is 5.35. The summed E-state index contributed by atoms with van der Waals surface area (Å²) in [5, 5.41) is 0. The summed E-state index contributed by atoms with van der Waals surface area (Å²) >= 11 is 0. The summed E-state index contributed by atoms with van der Waals surface area (Å²) in [5.74, 6) is 1.66. The van der Waals surface area contributed by atoms with Gasteiger partial charge in [0.15, 0.2) is 11.5 Å². The SMILES string of the molecule is C(=NC1CCCCC1)c1ccc2c(c1)OCO2. The second-order valence-corrected chi connectivity index (χ2v) is 4.68. The van der Waals surface area contributed by atoms with Gasteiger partial charge in [-0.2, -0.15) is 0 Å². The molecule has 3 rings (SSSR count). The van der Waals surface area contributed by atoms with Gasteiger partial charge in [-0.1, -0.05) is 19.3 Å². The molecule has 1 aromatic carbocycles. The number of ether oxygens (including phenoxy) is 2. The van der Waals surface area contributed by atoms with Crippen molar-refractivity contribution in [3.63, 3.8) is 0 Å². The molecule has 0 amide bonds. The lowest BCUT2D eigenvalue weighted by atomic mass is 9.96. The predicted molar refractivity (Wildman–Crippen MR) is 67.0 cm³/mol. The molecule has 1 aromatic rings. The number of rotatable bonds is 2. The molecule has 1 saturated carbocycles. The third kappa shape index (κ3) is 2.43. The Hall–Kier alpha value is -1.51. The second kappa shape index (κ2) is 4.78. The second-order valence-electron chi connectivity index (χ2n) is 4.68. The van der Waals surface area contributed by atoms with Crippen molar-refractivity contribution < 1.29 is 9.47 Å². The Kier molecular flexibility index (Phi) is 2.99. The first-order valence-corrected chi connectivity index (χ1v) is 6.35. The molecule has 0 bridgehead atoms. The molecule has 0 aromatic heterocycles. The average molecular weight is 231 g/mol. The van der Waals surface area contributed by atoms with Gasteiger partial charge in [0, 0.05) is 12.3 Å². The lowest BCUT2D eigenvalue weighted by molar-refractivity contribution is 0.174. The molecule has 1 aliphatic heterocycles. The highest BCUT2D eigenvalue weighted by molar-refractivity contribution is 5.81. The number of fused-ring (bicyclic) bond motifs is 1. The van der Waals surface area contributed by atoms with Crippen LogP contribution in [-0.4, -0.2) is 19.0 Å². The molecule has 2 aliphatic rings. The van der Waals surface area contributed by atoms with Crippen molar-refractivity contribution in [1.82, 2.24) is 0 Å². The van der Waals surface area contributed by atoms with Crippen LogP contribution in [0.4, 0.5) is 0 Å². The highest BCUT2D eigenvalue weighted by Crippen LogP contribution is 2.32. The monoisotopic (exact) mass is 231 g/mol. The van der Waals surface area contributed by atoms with E-state index >= 15 is 0 Å². The van der Waals surface area contributed by atoms with E-state index in [-0.39, 0.29) is 0 Å². The van der Waals surface area contributed by atoms with Gasteiger partial charge in [-0.3, -0.25) is 4.99 Å². The Morgan fingerprint density at radius 3 is 2.76 bits per heavy atom. The fourth-order valence-corrected chi connectivity index (χ4v) is 2.42. The summed E-state index contributed by atoms with van der Waals surface area (Å²) in [7, 11) is 0. The summed E-state index contributed by atoms with van der Waals surface area (Å²) in [6.45, 7) is 0.332. The van der Waals surface area contributed by atoms with Crippen LogP contribution in [0.2, 0.25) is 0 Å². The normalized spacial score (nSPS) is 20.0. The molecule has 0 spiro atoms. The summed E-state index contributed by atoms with van der Waals surface area (Å²) < 4.78 is 10.6. The molecule has 1 fully saturated rings. The fourth-order valence-electron chi connectivity index (χ4n) is 2.42. The minimum absolute atomic E-state index is 0.332. The van der Waals surface area contributed by atoms with Crippen LogP contribution in [0.25, 0.3) is 0 Å². The lowest BCUT2D eigenvalue weighted by Gasteiger charge is -2.17. The first kappa shape index (κ1) is 10.6. The predicted octanol–water partition coefficient (Wildman–Crippen LogP) is 3.17. The first-order valence-electron chi connectivity index (χ1n) is 6.35. The van der Waals surface area contributed by atoms with Crippen molar-refractivity contribution in [1.29, 1.82) is 0 Å². The first-order chi connectivity index (χ1) is 8.42. The van der Waals surface area contributed by atoms with Crippen molar-refractivity contribution in [2.24, 2.45) is 4.99 Å². The largest absolute Gasteiger partial charge is 0.454 e. The molecule has 0 atom stereocenters. The van der Waals surface area contributed by atoms with Gasteiger partial charge in [-0.15, -0.1) is 0 Å². The topological polar surface area (TPSA) is 30.8 Å². The van der Waals surface area contributed by atoms with Crippen LogP contribution >= 0.6 is 0 Å². The van der Waals surface area contributed by atoms with E-state index in [0.717, 1.165) is 17.1 Å². The molecular weight excluding hydrogens is 214 g/mol. The van der Waals surface area contributed by atoms with Gasteiger partial charge < -0.3 is 9.47 Å². The van der Waals surface area contributed by atoms with Gasteiger partial charge >= 0.3 is 0 Å². The lowest BCUT2D eigenvalue weighted by Crippen LogP contribution is -2.09. The number of benzene rings is 1. The maximum absolute atomic E-state index is 5.35. The van der Waals surface area contributed by atoms with Crippen LogP contribution in [0.3, 0.4) is 0 Å². The zero-order valence-corrected chi connectivity index (χ0v) is 9.89. The molecule has 0 unspecified atom stereocenters. The van der Waals surface area contributed by atoms with E-state index < -0.39 is 0 Å². The summed E-state index contributed by atoms with van der Waals surface area (Å²) in [5.41, 5.74) is 1.10. The molecule has 0 saturated heterocycles. The standard InChI is InChI=1S/C14H17NO2/c1-2-4-12(5-3-1)15-9-11-6-7-13-14(8-11)17-10-16-13/h6-9,12H,1-5,10H2. The summed E-state index contributed by atoms with van der Waals surface area (Å²) in [6.07, 6.45) is 8.46. The van der Waals surface area contributed by atoms with Crippen molar-refractivity contribution >= 4 is 6.21 Å². The van der Waals surface area contributed by atoms with E-state index in [0.29, 0.717) is 12.8 Å². The van der Waals surface area contributed by atoms with Crippen LogP contribution < -0.4 is 9.47 Å². The number of hydrogen-bond acceptors (Lipinski definition) is 3. The molecular formula is C14H17NO2. The fraction of sp³-hybridized carbons (Fsp3) is 0.500. The summed E-state index contributed by atoms with van der Waals surface area (Å²) in [6, 6.07) is 6.49. The van der Waals surface area contributed by atoms with Crippen molar-refractivity contribution in [2.75, 3.05) is 6.79 Å². The Bertz CT molecular complexity index is 422. The molecule has 3 heteroatoms. The third-order valence-corrected chi connectivity index (χ3v) is 3.41. The zero-order valence-electron chi connectivity index (χ0n) is 9.89. The minimum Gasteiger partial charge on any atom is -0.454 e. The summed E-state index contributed by atoms with van der Waals surface area (Å²) in [4.78, 5) is 4.66. The van der Waals surface area contributed by atoms with E-state index in [1.807, 2.05) is 24.4 Å². The molecule has 1 heterocycles. The Labute approximate surface area is 101 Å². The molecule has 0 radical (unpaired) electrons. The van der Waals surface area contributed by atoms with Gasteiger partial charge in [0.25, 0.3) is 0 Å². The minimum atomic E-state index is 0.332. The van der Waals surface area contributed by atoms with Crippen LogP contribution in [0, 0.1) is 0 Å². The number of nitrogens with zero attached hydrogens (tertiary/aromatic N) is 1. The Balaban J connectivity index is 1.69. The van der Waals surface area contributed by atoms with Crippen molar-refractivity contribution in [3.05, 3.63) is 23.8 Å². The number of hydrogen-bond donors (Lipinski definition) is 0. The molecule has 1 aliphatic carbocycles. The van der Waals surface area contributed by atoms with Crippen molar-refractivity contribution in [2.45, 2.75) is 38.1 Å². The third-order valence-electron chi connectivity index (χ3n) is 3.41. The quantitative estimate of drug-likeness (QED) is 0.732. The molecule has 17 heavy (non-hydrogen) atoms. The molecule has 0 N–H and O–H groups in total. The van der Waals surface area contributed by atoms with Gasteiger partial charge in [-0.05, 0) is 36.6 Å². The molecule has 3 nitrogen and oxygen atoms in total. The van der Waals surface area contributed by atoms with Gasteiger partial charge in [0.05, 0.1) is 0 Å². The van der Waals surface area contributed by atoms with Gasteiger partial charge in [0.1, 0.15) is 0 Å². The zero-order chi connectivity index (χ0) is 11.5. The van der Waals surface area contributed by atoms with Gasteiger partial charge in [-0.25, -0.2) is 0 Å². The Morgan fingerprint density at radius 1 is 1.06 bits per heavy atom. The van der Waals surface area contributed by atoms with Crippen LogP contribution in [0.1, 0.15) is 37.7 Å². The van der Waals surface area contributed by atoms with E-state index in [1.165, 1.54) is 32.1 Å². The average Bonchev–Trinajstić information content (AvgIpc) is 2.85. The highest BCUT2D eigenvalue weighted by atomic mass is 16.7. The number of aliphatic imine (C=N–C) groups is 1. The Morgan fingerprint density at radius 2 is 1.88 bits per heavy atom. The van der Waals surface area contributed by atoms with E-state index in [2.05, 4.69) is 4.99 Å². The van der Waals surface area contributed by atoms with Crippen LogP contribution in [-0.2, 0) is 0 Å². The van der Waals surface area contributed by atoms with Gasteiger partial charge in [0.2, 0.25) is 6.79 Å². The van der Waals surface area contributed by atoms with Crippen LogP contribution in [0.5, 0.6) is 11.5 Å². The van der Waals surface area contributed by atoms with E-state index in [9.17, 15) is 0 Å². The van der Waals surface area contributed by atoms with Crippen LogP contribution in [0.15, 0.2) is 23.2 Å². The van der Waals surface area contributed by atoms with E-state index in [1.54, 1.807) is 0 Å². The molecule has 90 valence electrons. The maximum Gasteiger partial charge on any atom is 0.231 e. The van der Waals surface area contributed by atoms with E-state index in [4.69, 9.17) is 9.47 Å². The van der Waals surface area contributed by atoms with Crippen molar-refractivity contribution in [3.8, 4) is 11.5 Å². The highest BCUT2D eigenvalue weighted by Gasteiger charge is 2.13.